The average Bonchev–Trinajstić information content (AvgIpc) is 2.62. The molecule has 0 spiro atoms. The molecule has 1 heterocycles. The lowest BCUT2D eigenvalue weighted by molar-refractivity contribution is 0.1000. The summed E-state index contributed by atoms with van der Waals surface area (Å²) in [7, 11) is 0. The number of ether oxygens (including phenoxy) is 3. The van der Waals surface area contributed by atoms with Crippen molar-refractivity contribution < 1.29 is 19.0 Å². The summed E-state index contributed by atoms with van der Waals surface area (Å²) in [6, 6.07) is 10.3. The van der Waals surface area contributed by atoms with E-state index >= 15 is 0 Å². The summed E-state index contributed by atoms with van der Waals surface area (Å²) < 4.78 is 17.2. The van der Waals surface area contributed by atoms with Crippen molar-refractivity contribution in [2.75, 3.05) is 13.2 Å². The van der Waals surface area contributed by atoms with Gasteiger partial charge in [-0.15, -0.1) is 0 Å². The molecule has 1 atom stereocenters. The van der Waals surface area contributed by atoms with Gasteiger partial charge in [-0.3, -0.25) is 10.2 Å². The van der Waals surface area contributed by atoms with Gasteiger partial charge in [-0.05, 0) is 41.8 Å². The van der Waals surface area contributed by atoms with Crippen molar-refractivity contribution in [3.63, 3.8) is 0 Å². The molecule has 0 bridgehead atoms. The van der Waals surface area contributed by atoms with Crippen molar-refractivity contribution in [3.05, 3.63) is 53.1 Å². The fourth-order valence-corrected chi connectivity index (χ4v) is 2.99. The van der Waals surface area contributed by atoms with Crippen LogP contribution in [0.4, 0.5) is 0 Å². The topological polar surface area (TPSA) is 121 Å². The van der Waals surface area contributed by atoms with Crippen LogP contribution >= 0.6 is 0 Å². The third-order valence-electron chi connectivity index (χ3n) is 4.32. The molecule has 0 radical (unpaired) electrons. The summed E-state index contributed by atoms with van der Waals surface area (Å²) >= 11 is 0. The van der Waals surface area contributed by atoms with Crippen LogP contribution in [0.25, 0.3) is 0 Å². The van der Waals surface area contributed by atoms with Crippen LogP contribution in [0.15, 0.2) is 36.4 Å². The molecule has 0 aliphatic carbocycles. The first kappa shape index (κ1) is 19.5. The standard InChI is InChI=1S/C21H25N3O4/c1-21(2,3)11-27-13-5-7-18-15(9-13)16(10-26-20(23)24)14-8-12(19(22)25)4-6-17(14)28-18/h4-9,16H,10-11H2,1-3H3,(H2,22,25)(H3,23,24)/t16-/m1/s1. The zero-order valence-electron chi connectivity index (χ0n) is 16.2. The van der Waals surface area contributed by atoms with E-state index < -0.39 is 5.91 Å². The minimum absolute atomic E-state index is 0.0204. The lowest BCUT2D eigenvalue weighted by atomic mass is 9.87. The fourth-order valence-electron chi connectivity index (χ4n) is 2.99. The average molecular weight is 383 g/mol. The molecule has 1 aliphatic heterocycles. The number of amidine groups is 1. The van der Waals surface area contributed by atoms with Gasteiger partial charge in [0.1, 0.15) is 23.9 Å². The highest BCUT2D eigenvalue weighted by Crippen LogP contribution is 2.45. The van der Waals surface area contributed by atoms with Gasteiger partial charge in [0.2, 0.25) is 5.91 Å². The SMILES string of the molecule is CC(C)(C)COc1ccc2c(c1)[C@H](COC(=N)N)c1cc(C(N)=O)ccc1O2. The van der Waals surface area contributed by atoms with Gasteiger partial charge in [0, 0.05) is 16.7 Å². The van der Waals surface area contributed by atoms with Crippen molar-refractivity contribution in [1.82, 2.24) is 0 Å². The van der Waals surface area contributed by atoms with E-state index in [9.17, 15) is 4.79 Å². The number of carbonyl (C=O) groups excluding carboxylic acids is 1. The van der Waals surface area contributed by atoms with Gasteiger partial charge in [0.05, 0.1) is 12.5 Å². The van der Waals surface area contributed by atoms with Gasteiger partial charge in [0.25, 0.3) is 6.02 Å². The number of amides is 1. The molecule has 2 aromatic carbocycles. The van der Waals surface area contributed by atoms with E-state index in [0.29, 0.717) is 29.4 Å². The Morgan fingerprint density at radius 1 is 1.11 bits per heavy atom. The molecular formula is C21H25N3O4. The molecule has 0 unspecified atom stereocenters. The first-order valence-electron chi connectivity index (χ1n) is 8.99. The summed E-state index contributed by atoms with van der Waals surface area (Å²) in [4.78, 5) is 11.6. The van der Waals surface area contributed by atoms with Crippen LogP contribution in [0.5, 0.6) is 17.2 Å². The Hall–Kier alpha value is -3.22. The Morgan fingerprint density at radius 3 is 2.36 bits per heavy atom. The van der Waals surface area contributed by atoms with E-state index in [1.807, 2.05) is 18.2 Å². The van der Waals surface area contributed by atoms with Gasteiger partial charge in [-0.1, -0.05) is 20.8 Å². The molecule has 7 nitrogen and oxygen atoms in total. The number of fused-ring (bicyclic) bond motifs is 2. The number of nitrogens with one attached hydrogen (secondary N) is 1. The summed E-state index contributed by atoms with van der Waals surface area (Å²) in [5.74, 6) is 1.17. The minimum atomic E-state index is -0.526. The summed E-state index contributed by atoms with van der Waals surface area (Å²) in [6.07, 6.45) is 0. The maximum atomic E-state index is 11.6. The van der Waals surface area contributed by atoms with Crippen molar-refractivity contribution in [1.29, 1.82) is 5.41 Å². The smallest absolute Gasteiger partial charge is 0.279 e. The van der Waals surface area contributed by atoms with Crippen LogP contribution in [0.2, 0.25) is 0 Å². The maximum absolute atomic E-state index is 11.6. The number of nitrogens with two attached hydrogens (primary N) is 2. The molecule has 1 aliphatic rings. The van der Waals surface area contributed by atoms with Gasteiger partial charge in [-0.2, -0.15) is 0 Å². The third-order valence-corrected chi connectivity index (χ3v) is 4.32. The molecule has 3 rings (SSSR count). The maximum Gasteiger partial charge on any atom is 0.279 e. The normalized spacial score (nSPS) is 15.0. The number of carbonyl (C=O) groups is 1. The lowest BCUT2D eigenvalue weighted by Gasteiger charge is -2.29. The Bertz CT molecular complexity index is 918. The lowest BCUT2D eigenvalue weighted by Crippen LogP contribution is -2.22. The monoisotopic (exact) mass is 383 g/mol. The highest BCUT2D eigenvalue weighted by Gasteiger charge is 2.29. The number of hydrogen-bond donors (Lipinski definition) is 3. The van der Waals surface area contributed by atoms with E-state index in [1.54, 1.807) is 18.2 Å². The quantitative estimate of drug-likeness (QED) is 0.540. The van der Waals surface area contributed by atoms with E-state index in [4.69, 9.17) is 31.1 Å². The predicted molar refractivity (Wildman–Crippen MR) is 106 cm³/mol. The summed E-state index contributed by atoms with van der Waals surface area (Å²) in [6.45, 7) is 6.98. The first-order valence-corrected chi connectivity index (χ1v) is 8.99. The van der Waals surface area contributed by atoms with Gasteiger partial charge in [0.15, 0.2) is 0 Å². The van der Waals surface area contributed by atoms with Crippen LogP contribution in [0.1, 0.15) is 48.2 Å². The van der Waals surface area contributed by atoms with Crippen LogP contribution in [0, 0.1) is 10.8 Å². The molecule has 2 aromatic rings. The summed E-state index contributed by atoms with van der Waals surface area (Å²) in [5, 5.41) is 7.39. The molecule has 0 fully saturated rings. The minimum Gasteiger partial charge on any atom is -0.493 e. The third kappa shape index (κ3) is 4.36. The first-order chi connectivity index (χ1) is 13.1. The van der Waals surface area contributed by atoms with Crippen LogP contribution in [-0.4, -0.2) is 25.1 Å². The molecule has 5 N–H and O–H groups in total. The van der Waals surface area contributed by atoms with E-state index in [-0.39, 0.29) is 24.0 Å². The zero-order valence-corrected chi connectivity index (χ0v) is 16.2. The van der Waals surface area contributed by atoms with Crippen LogP contribution in [-0.2, 0) is 4.74 Å². The van der Waals surface area contributed by atoms with Crippen molar-refractivity contribution >= 4 is 11.9 Å². The van der Waals surface area contributed by atoms with E-state index in [0.717, 1.165) is 11.1 Å². The molecule has 0 saturated carbocycles. The van der Waals surface area contributed by atoms with Crippen molar-refractivity contribution in [2.45, 2.75) is 26.7 Å². The van der Waals surface area contributed by atoms with Crippen molar-refractivity contribution in [2.24, 2.45) is 16.9 Å². The Kier molecular flexibility index (Phi) is 5.18. The number of primary amides is 1. The Morgan fingerprint density at radius 2 is 1.75 bits per heavy atom. The highest BCUT2D eigenvalue weighted by atomic mass is 16.5. The largest absolute Gasteiger partial charge is 0.493 e. The van der Waals surface area contributed by atoms with Crippen LogP contribution < -0.4 is 20.9 Å². The number of hydrogen-bond acceptors (Lipinski definition) is 5. The molecular weight excluding hydrogens is 358 g/mol. The molecule has 0 saturated heterocycles. The molecule has 28 heavy (non-hydrogen) atoms. The fraction of sp³-hybridized carbons (Fsp3) is 0.333. The van der Waals surface area contributed by atoms with Crippen LogP contribution in [0.3, 0.4) is 0 Å². The van der Waals surface area contributed by atoms with E-state index in [2.05, 4.69) is 20.8 Å². The van der Waals surface area contributed by atoms with Crippen molar-refractivity contribution in [3.8, 4) is 17.2 Å². The van der Waals surface area contributed by atoms with Gasteiger partial charge in [-0.25, -0.2) is 0 Å². The molecule has 148 valence electrons. The highest BCUT2D eigenvalue weighted by molar-refractivity contribution is 5.93. The van der Waals surface area contributed by atoms with Gasteiger partial charge < -0.3 is 25.7 Å². The predicted octanol–water partition coefficient (Wildman–Crippen LogP) is 3.36. The molecule has 1 amide bonds. The Balaban J connectivity index is 2.00. The number of rotatable bonds is 5. The Labute approximate surface area is 164 Å². The second-order valence-corrected chi connectivity index (χ2v) is 8.00. The number of benzene rings is 2. The summed E-state index contributed by atoms with van der Waals surface area (Å²) in [5.41, 5.74) is 12.8. The van der Waals surface area contributed by atoms with Gasteiger partial charge >= 0.3 is 0 Å². The second-order valence-electron chi connectivity index (χ2n) is 8.00. The molecule has 0 aromatic heterocycles. The second kappa shape index (κ2) is 7.42. The molecule has 7 heteroatoms. The van der Waals surface area contributed by atoms with E-state index in [1.165, 1.54) is 0 Å². The zero-order chi connectivity index (χ0) is 20.5.